The van der Waals surface area contributed by atoms with Gasteiger partial charge in [-0.1, -0.05) is 6.92 Å². The zero-order valence-electron chi connectivity index (χ0n) is 10.5. The van der Waals surface area contributed by atoms with Crippen LogP contribution in [0.15, 0.2) is 0 Å². The fraction of sp³-hybridized carbons (Fsp3) is 1.00. The first-order valence-electron chi connectivity index (χ1n) is 5.63. The summed E-state index contributed by atoms with van der Waals surface area (Å²) in [5, 5.41) is 9.01. The first kappa shape index (κ1) is 17.4. The molecule has 1 saturated heterocycles. The molecule has 1 fully saturated rings. The maximum atomic E-state index is 13.7. The normalized spacial score (nSPS) is 34.8. The van der Waals surface area contributed by atoms with E-state index >= 15 is 0 Å². The second kappa shape index (κ2) is 4.99. The van der Waals surface area contributed by atoms with E-state index in [1.54, 1.807) is 0 Å². The number of halogens is 7. The summed E-state index contributed by atoms with van der Waals surface area (Å²) in [7, 11) is 0. The molecule has 0 aromatic heterocycles. The van der Waals surface area contributed by atoms with Crippen LogP contribution >= 0.6 is 0 Å². The van der Waals surface area contributed by atoms with Crippen LogP contribution in [0.1, 0.15) is 20.3 Å². The summed E-state index contributed by atoms with van der Waals surface area (Å²) in [5.74, 6) is -14.7. The minimum absolute atomic E-state index is 0.0218. The van der Waals surface area contributed by atoms with E-state index in [1.165, 1.54) is 6.92 Å². The number of aliphatic hydroxyl groups is 1. The van der Waals surface area contributed by atoms with Gasteiger partial charge in [0.2, 0.25) is 0 Å². The molecule has 0 radical (unpaired) electrons. The van der Waals surface area contributed by atoms with Crippen LogP contribution in [-0.2, 0) is 9.47 Å². The highest BCUT2D eigenvalue weighted by molar-refractivity contribution is 5.06. The summed E-state index contributed by atoms with van der Waals surface area (Å²) in [6, 6.07) is 0. The summed E-state index contributed by atoms with van der Waals surface area (Å²) in [6.45, 7) is 0.532. The van der Waals surface area contributed by atoms with Gasteiger partial charge in [-0.15, -0.1) is 0 Å². The summed E-state index contributed by atoms with van der Waals surface area (Å²) in [4.78, 5) is 0. The Balaban J connectivity index is 3.22. The fourth-order valence-corrected chi connectivity index (χ4v) is 1.60. The predicted octanol–water partition coefficient (Wildman–Crippen LogP) is 2.72. The molecule has 3 nitrogen and oxygen atoms in total. The zero-order valence-corrected chi connectivity index (χ0v) is 10.5. The van der Waals surface area contributed by atoms with Gasteiger partial charge in [0.15, 0.2) is 6.10 Å². The van der Waals surface area contributed by atoms with E-state index in [-0.39, 0.29) is 6.42 Å². The van der Waals surface area contributed by atoms with E-state index in [4.69, 9.17) is 5.11 Å². The third-order valence-corrected chi connectivity index (χ3v) is 2.97. The fourth-order valence-electron chi connectivity index (χ4n) is 1.60. The Morgan fingerprint density at radius 1 is 1.30 bits per heavy atom. The smallest absolute Gasteiger partial charge is 0.362 e. The van der Waals surface area contributed by atoms with E-state index in [0.717, 1.165) is 6.92 Å². The molecule has 0 aliphatic carbocycles. The van der Waals surface area contributed by atoms with Crippen LogP contribution < -0.4 is 0 Å². The second-order valence-corrected chi connectivity index (χ2v) is 4.55. The molecule has 3 atom stereocenters. The Morgan fingerprint density at radius 2 is 1.80 bits per heavy atom. The number of ether oxygens (including phenoxy) is 2. The SMILES string of the molecule is CCC(C)OC1C(F)(F)COC(O)(C(F)(F)F)C1(F)F. The van der Waals surface area contributed by atoms with Crippen molar-refractivity contribution in [2.75, 3.05) is 6.61 Å². The average Bonchev–Trinajstić information content (AvgIpc) is 2.28. The van der Waals surface area contributed by atoms with Crippen LogP contribution in [0.2, 0.25) is 0 Å². The summed E-state index contributed by atoms with van der Waals surface area (Å²) in [6.07, 6.45) is -10.5. The van der Waals surface area contributed by atoms with Crippen molar-refractivity contribution in [2.45, 2.75) is 56.3 Å². The number of alkyl halides is 7. The molecule has 1 heterocycles. The Bertz CT molecular complexity index is 357. The van der Waals surface area contributed by atoms with Gasteiger partial charge >= 0.3 is 23.8 Å². The Hall–Kier alpha value is -0.610. The molecule has 0 aromatic rings. The van der Waals surface area contributed by atoms with Gasteiger partial charge < -0.3 is 14.6 Å². The van der Waals surface area contributed by atoms with E-state index < -0.39 is 42.6 Å². The third kappa shape index (κ3) is 2.60. The average molecular weight is 314 g/mol. The number of hydrogen-bond acceptors (Lipinski definition) is 3. The van der Waals surface area contributed by atoms with Crippen LogP contribution in [0.5, 0.6) is 0 Å². The molecule has 0 amide bonds. The van der Waals surface area contributed by atoms with Gasteiger partial charge in [-0.2, -0.15) is 22.0 Å². The predicted molar refractivity (Wildman–Crippen MR) is 51.5 cm³/mol. The summed E-state index contributed by atoms with van der Waals surface area (Å²) >= 11 is 0. The van der Waals surface area contributed by atoms with Gasteiger partial charge in [0.05, 0.1) is 6.10 Å². The lowest BCUT2D eigenvalue weighted by Gasteiger charge is -2.47. The van der Waals surface area contributed by atoms with Crippen molar-refractivity contribution in [3.05, 3.63) is 0 Å². The van der Waals surface area contributed by atoms with Crippen LogP contribution in [-0.4, -0.2) is 47.7 Å². The molecule has 1 aliphatic heterocycles. The minimum Gasteiger partial charge on any atom is -0.362 e. The van der Waals surface area contributed by atoms with Gasteiger partial charge in [-0.3, -0.25) is 0 Å². The van der Waals surface area contributed by atoms with Crippen molar-refractivity contribution < 1.29 is 45.3 Å². The Labute approximate surface area is 109 Å². The first-order chi connectivity index (χ1) is 8.79. The van der Waals surface area contributed by atoms with Gasteiger partial charge in [-0.05, 0) is 13.3 Å². The molecule has 120 valence electrons. The maximum absolute atomic E-state index is 13.7. The lowest BCUT2D eigenvalue weighted by Crippen LogP contribution is -2.74. The minimum atomic E-state index is -5.95. The van der Waals surface area contributed by atoms with Crippen molar-refractivity contribution in [3.8, 4) is 0 Å². The first-order valence-corrected chi connectivity index (χ1v) is 5.63. The Kier molecular flexibility index (Phi) is 4.35. The monoisotopic (exact) mass is 314 g/mol. The summed E-state index contributed by atoms with van der Waals surface area (Å²) in [5.41, 5.74) is 0. The van der Waals surface area contributed by atoms with Crippen molar-refractivity contribution in [1.29, 1.82) is 0 Å². The molecule has 0 spiro atoms. The molecule has 0 bridgehead atoms. The molecule has 3 unspecified atom stereocenters. The van der Waals surface area contributed by atoms with Gasteiger partial charge in [0, 0.05) is 0 Å². The largest absolute Gasteiger partial charge is 0.449 e. The van der Waals surface area contributed by atoms with Crippen molar-refractivity contribution in [3.63, 3.8) is 0 Å². The zero-order chi connectivity index (χ0) is 16.0. The van der Waals surface area contributed by atoms with E-state index in [1.807, 2.05) is 0 Å². The number of hydrogen-bond donors (Lipinski definition) is 1. The lowest BCUT2D eigenvalue weighted by atomic mass is 9.93. The molecular weight excluding hydrogens is 301 g/mol. The molecule has 0 saturated carbocycles. The van der Waals surface area contributed by atoms with Crippen molar-refractivity contribution in [2.24, 2.45) is 0 Å². The van der Waals surface area contributed by atoms with E-state index in [9.17, 15) is 30.7 Å². The Morgan fingerprint density at radius 3 is 2.20 bits per heavy atom. The second-order valence-electron chi connectivity index (χ2n) is 4.55. The molecule has 20 heavy (non-hydrogen) atoms. The highest BCUT2D eigenvalue weighted by atomic mass is 19.4. The third-order valence-electron chi connectivity index (χ3n) is 2.97. The summed E-state index contributed by atoms with van der Waals surface area (Å²) < 4.78 is 99.4. The van der Waals surface area contributed by atoms with Crippen LogP contribution in [0, 0.1) is 0 Å². The lowest BCUT2D eigenvalue weighted by molar-refractivity contribution is -0.484. The quantitative estimate of drug-likeness (QED) is 0.814. The topological polar surface area (TPSA) is 38.7 Å². The molecular formula is C10H13F7O3. The van der Waals surface area contributed by atoms with Crippen molar-refractivity contribution >= 4 is 0 Å². The van der Waals surface area contributed by atoms with Crippen LogP contribution in [0.4, 0.5) is 30.7 Å². The molecule has 0 aromatic carbocycles. The van der Waals surface area contributed by atoms with Crippen molar-refractivity contribution in [1.82, 2.24) is 0 Å². The standard InChI is InChI=1S/C10H13F7O3/c1-3-5(2)20-6-7(11,12)4-19-9(18,8(6,13)14)10(15,16)17/h5-6,18H,3-4H2,1-2H3. The molecule has 10 heteroatoms. The maximum Gasteiger partial charge on any atom is 0.449 e. The molecule has 1 rings (SSSR count). The highest BCUT2D eigenvalue weighted by Gasteiger charge is 2.80. The van der Waals surface area contributed by atoms with Crippen LogP contribution in [0.25, 0.3) is 0 Å². The molecule has 1 aliphatic rings. The van der Waals surface area contributed by atoms with Gasteiger partial charge in [0.25, 0.3) is 0 Å². The molecule has 1 N–H and O–H groups in total. The van der Waals surface area contributed by atoms with E-state index in [0.29, 0.717) is 0 Å². The van der Waals surface area contributed by atoms with Crippen LogP contribution in [0.3, 0.4) is 0 Å². The van der Waals surface area contributed by atoms with Gasteiger partial charge in [-0.25, -0.2) is 8.78 Å². The highest BCUT2D eigenvalue weighted by Crippen LogP contribution is 2.52. The van der Waals surface area contributed by atoms with E-state index in [2.05, 4.69) is 9.47 Å². The number of rotatable bonds is 3. The van der Waals surface area contributed by atoms with Gasteiger partial charge in [0.1, 0.15) is 6.61 Å².